The summed E-state index contributed by atoms with van der Waals surface area (Å²) in [5, 5.41) is 0. The molecule has 0 saturated heterocycles. The molecule has 92 valence electrons. The Hall–Kier alpha value is -1.16. The Labute approximate surface area is 109 Å². The summed E-state index contributed by atoms with van der Waals surface area (Å²) in [7, 11) is 0. The summed E-state index contributed by atoms with van der Waals surface area (Å²) in [5.41, 5.74) is 1.49. The number of carbonyl (C=O) groups is 2. The normalized spacial score (nSPS) is 10.1. The highest BCUT2D eigenvalue weighted by Gasteiger charge is 2.18. The number of ether oxygens (including phenoxy) is 1. The smallest absolute Gasteiger partial charge is 0.379 e. The largest absolute Gasteiger partial charge is 0.460 e. The lowest BCUT2D eigenvalue weighted by atomic mass is 10.1. The standard InChI is InChI=1S/C13H15BrO3/c1-3-5-9-6-7-10(8-11(9)14)12(15)13(16)17-4-2/h6-8H,3-5H2,1-2H3. The Bertz CT molecular complexity index is 427. The van der Waals surface area contributed by atoms with Crippen LogP contribution in [0.15, 0.2) is 22.7 Å². The molecule has 0 atom stereocenters. The molecule has 0 aliphatic carbocycles. The zero-order valence-corrected chi connectivity index (χ0v) is 11.5. The lowest BCUT2D eigenvalue weighted by Gasteiger charge is -2.05. The van der Waals surface area contributed by atoms with Crippen molar-refractivity contribution in [2.24, 2.45) is 0 Å². The van der Waals surface area contributed by atoms with Crippen molar-refractivity contribution < 1.29 is 14.3 Å². The number of ketones is 1. The van der Waals surface area contributed by atoms with Gasteiger partial charge in [0.25, 0.3) is 5.78 Å². The van der Waals surface area contributed by atoms with Crippen LogP contribution >= 0.6 is 15.9 Å². The Kier molecular flexibility index (Phi) is 5.35. The van der Waals surface area contributed by atoms with E-state index in [0.29, 0.717) is 5.56 Å². The Morgan fingerprint density at radius 2 is 2.00 bits per heavy atom. The van der Waals surface area contributed by atoms with Crippen LogP contribution < -0.4 is 0 Å². The fraction of sp³-hybridized carbons (Fsp3) is 0.385. The van der Waals surface area contributed by atoms with Gasteiger partial charge in [0.2, 0.25) is 0 Å². The SMILES string of the molecule is CCCc1ccc(C(=O)C(=O)OCC)cc1Br. The molecule has 0 spiro atoms. The average molecular weight is 299 g/mol. The van der Waals surface area contributed by atoms with E-state index in [-0.39, 0.29) is 6.61 Å². The number of benzene rings is 1. The van der Waals surface area contributed by atoms with Gasteiger partial charge in [0.15, 0.2) is 0 Å². The van der Waals surface area contributed by atoms with Gasteiger partial charge in [0.1, 0.15) is 0 Å². The second kappa shape index (κ2) is 6.55. The first-order valence-electron chi connectivity index (χ1n) is 5.60. The van der Waals surface area contributed by atoms with E-state index in [0.717, 1.165) is 22.9 Å². The van der Waals surface area contributed by atoms with Crippen LogP contribution in [0.4, 0.5) is 0 Å². The van der Waals surface area contributed by atoms with Gasteiger partial charge in [-0.2, -0.15) is 0 Å². The molecule has 0 heterocycles. The predicted molar refractivity (Wildman–Crippen MR) is 69.1 cm³/mol. The van der Waals surface area contributed by atoms with Crippen LogP contribution in [0.25, 0.3) is 0 Å². The summed E-state index contributed by atoms with van der Waals surface area (Å²) >= 11 is 3.40. The fourth-order valence-corrected chi connectivity index (χ4v) is 2.05. The summed E-state index contributed by atoms with van der Waals surface area (Å²) in [6, 6.07) is 5.19. The van der Waals surface area contributed by atoms with Crippen LogP contribution in [0.1, 0.15) is 36.2 Å². The van der Waals surface area contributed by atoms with Crippen LogP contribution in [0.2, 0.25) is 0 Å². The van der Waals surface area contributed by atoms with E-state index in [1.165, 1.54) is 0 Å². The highest BCUT2D eigenvalue weighted by Crippen LogP contribution is 2.20. The van der Waals surface area contributed by atoms with Crippen LogP contribution in [-0.2, 0) is 16.0 Å². The molecule has 4 heteroatoms. The van der Waals surface area contributed by atoms with Gasteiger partial charge in [-0.15, -0.1) is 0 Å². The molecular weight excluding hydrogens is 284 g/mol. The van der Waals surface area contributed by atoms with E-state index >= 15 is 0 Å². The van der Waals surface area contributed by atoms with Crippen LogP contribution in [0.5, 0.6) is 0 Å². The molecule has 1 aromatic rings. The number of carbonyl (C=O) groups excluding carboxylic acids is 2. The molecule has 0 fully saturated rings. The van der Waals surface area contributed by atoms with Crippen molar-refractivity contribution in [3.05, 3.63) is 33.8 Å². The molecule has 0 unspecified atom stereocenters. The number of aryl methyl sites for hydroxylation is 1. The van der Waals surface area contributed by atoms with Crippen LogP contribution in [0.3, 0.4) is 0 Å². The first-order valence-corrected chi connectivity index (χ1v) is 6.39. The molecule has 1 aromatic carbocycles. The number of Topliss-reactive ketones (excluding diaryl/α,β-unsaturated/α-hetero) is 1. The van der Waals surface area contributed by atoms with Gasteiger partial charge in [0.05, 0.1) is 6.61 Å². The maximum absolute atomic E-state index is 11.7. The lowest BCUT2D eigenvalue weighted by molar-refractivity contribution is -0.137. The molecule has 0 bridgehead atoms. The van der Waals surface area contributed by atoms with E-state index in [9.17, 15) is 9.59 Å². The summed E-state index contributed by atoms with van der Waals surface area (Å²) in [4.78, 5) is 22.9. The van der Waals surface area contributed by atoms with Crippen molar-refractivity contribution in [1.29, 1.82) is 0 Å². The average Bonchev–Trinajstić information content (AvgIpc) is 2.31. The molecule has 0 saturated carbocycles. The van der Waals surface area contributed by atoms with Crippen LogP contribution in [0, 0.1) is 0 Å². The summed E-state index contributed by atoms with van der Waals surface area (Å²) < 4.78 is 5.53. The van der Waals surface area contributed by atoms with Gasteiger partial charge < -0.3 is 4.74 Å². The van der Waals surface area contributed by atoms with Crippen molar-refractivity contribution >= 4 is 27.7 Å². The molecule has 0 N–H and O–H groups in total. The maximum atomic E-state index is 11.7. The zero-order valence-electron chi connectivity index (χ0n) is 9.96. The highest BCUT2D eigenvalue weighted by molar-refractivity contribution is 9.10. The molecule has 0 amide bonds. The number of hydrogen-bond donors (Lipinski definition) is 0. The van der Waals surface area contributed by atoms with Gasteiger partial charge in [0, 0.05) is 10.0 Å². The molecule has 0 radical (unpaired) electrons. The second-order valence-electron chi connectivity index (χ2n) is 3.61. The number of hydrogen-bond acceptors (Lipinski definition) is 3. The Morgan fingerprint density at radius 1 is 1.29 bits per heavy atom. The number of esters is 1. The van der Waals surface area contributed by atoms with E-state index in [1.807, 2.05) is 6.07 Å². The summed E-state index contributed by atoms with van der Waals surface area (Å²) in [6.07, 6.45) is 1.97. The molecule has 0 aliphatic rings. The topological polar surface area (TPSA) is 43.4 Å². The van der Waals surface area contributed by atoms with Gasteiger partial charge in [-0.05, 0) is 25.0 Å². The van der Waals surface area contributed by atoms with E-state index < -0.39 is 11.8 Å². The molecule has 17 heavy (non-hydrogen) atoms. The van der Waals surface area contributed by atoms with Gasteiger partial charge in [-0.25, -0.2) is 4.79 Å². The monoisotopic (exact) mass is 298 g/mol. The molecule has 1 rings (SSSR count). The molecule has 0 aromatic heterocycles. The van der Waals surface area contributed by atoms with Crippen molar-refractivity contribution in [3.63, 3.8) is 0 Å². The predicted octanol–water partition coefficient (Wildman–Crippen LogP) is 3.15. The van der Waals surface area contributed by atoms with E-state index in [4.69, 9.17) is 0 Å². The van der Waals surface area contributed by atoms with Gasteiger partial charge in [-0.1, -0.05) is 41.4 Å². The lowest BCUT2D eigenvalue weighted by Crippen LogP contribution is -2.17. The minimum atomic E-state index is -0.803. The van der Waals surface area contributed by atoms with Crippen LogP contribution in [-0.4, -0.2) is 18.4 Å². The van der Waals surface area contributed by atoms with Crippen molar-refractivity contribution in [3.8, 4) is 0 Å². The number of rotatable bonds is 5. The molecule has 3 nitrogen and oxygen atoms in total. The fourth-order valence-electron chi connectivity index (χ4n) is 1.48. The Morgan fingerprint density at radius 3 is 2.53 bits per heavy atom. The van der Waals surface area contributed by atoms with E-state index in [1.54, 1.807) is 19.1 Å². The minimum Gasteiger partial charge on any atom is -0.460 e. The Balaban J connectivity index is 2.89. The quantitative estimate of drug-likeness (QED) is 0.476. The third-order valence-corrected chi connectivity index (χ3v) is 3.03. The third kappa shape index (κ3) is 3.66. The summed E-state index contributed by atoms with van der Waals surface area (Å²) in [6.45, 7) is 3.97. The minimum absolute atomic E-state index is 0.208. The first-order chi connectivity index (χ1) is 8.10. The van der Waals surface area contributed by atoms with Gasteiger partial charge >= 0.3 is 5.97 Å². The third-order valence-electron chi connectivity index (χ3n) is 2.30. The van der Waals surface area contributed by atoms with Crippen molar-refractivity contribution in [2.75, 3.05) is 6.61 Å². The first kappa shape index (κ1) is 13.9. The summed E-state index contributed by atoms with van der Waals surface area (Å²) in [5.74, 6) is -1.40. The molecular formula is C13H15BrO3. The second-order valence-corrected chi connectivity index (χ2v) is 4.46. The number of halogens is 1. The zero-order chi connectivity index (χ0) is 12.8. The highest BCUT2D eigenvalue weighted by atomic mass is 79.9. The molecule has 0 aliphatic heterocycles. The van der Waals surface area contributed by atoms with Gasteiger partial charge in [-0.3, -0.25) is 4.79 Å². The van der Waals surface area contributed by atoms with E-state index in [2.05, 4.69) is 27.6 Å². The maximum Gasteiger partial charge on any atom is 0.379 e. The van der Waals surface area contributed by atoms with Crippen molar-refractivity contribution in [2.45, 2.75) is 26.7 Å². The van der Waals surface area contributed by atoms with Crippen molar-refractivity contribution in [1.82, 2.24) is 0 Å².